The van der Waals surface area contributed by atoms with Crippen molar-refractivity contribution in [1.29, 1.82) is 0 Å². The summed E-state index contributed by atoms with van der Waals surface area (Å²) in [5.74, 6) is -1.62. The van der Waals surface area contributed by atoms with Gasteiger partial charge < -0.3 is 16.0 Å². The van der Waals surface area contributed by atoms with Crippen LogP contribution in [0.15, 0.2) is 58.5 Å². The van der Waals surface area contributed by atoms with Crippen LogP contribution in [0.4, 0.5) is 4.39 Å². The molecule has 2 aromatic carbocycles. The number of sulfone groups is 1. The highest BCUT2D eigenvalue weighted by Gasteiger charge is 2.37. The molecule has 0 spiro atoms. The molecule has 192 valence electrons. The Kier molecular flexibility index (Phi) is 7.93. The molecule has 0 aliphatic carbocycles. The van der Waals surface area contributed by atoms with Gasteiger partial charge in [0, 0.05) is 42.9 Å². The molecule has 1 atom stereocenters. The summed E-state index contributed by atoms with van der Waals surface area (Å²) in [7, 11) is -3.23. The van der Waals surface area contributed by atoms with E-state index in [9.17, 15) is 22.4 Å². The molecule has 4 rings (SSSR count). The number of nitrogens with zero attached hydrogens (tertiary/aromatic N) is 2. The Morgan fingerprint density at radius 3 is 2.42 bits per heavy atom. The first-order valence-electron chi connectivity index (χ1n) is 11.2. The molecule has 0 saturated carbocycles. The van der Waals surface area contributed by atoms with Crippen molar-refractivity contribution in [2.75, 3.05) is 19.3 Å². The van der Waals surface area contributed by atoms with Crippen molar-refractivity contribution >= 4 is 45.0 Å². The maximum atomic E-state index is 13.5. The SMILES string of the molecule is CS(=O)(=O)c1ccc(CN2CCC(N3C(C(N)=O)=CSC3NC(=O)c3ccc(F)c(Cl)c3)CC2)cc1. The molecule has 2 aliphatic rings. The summed E-state index contributed by atoms with van der Waals surface area (Å²) in [6.07, 6.45) is 2.66. The van der Waals surface area contributed by atoms with Crippen molar-refractivity contribution in [2.24, 2.45) is 5.73 Å². The summed E-state index contributed by atoms with van der Waals surface area (Å²) in [4.78, 5) is 29.3. The fourth-order valence-electron chi connectivity index (χ4n) is 4.35. The molecule has 2 aromatic rings. The van der Waals surface area contributed by atoms with Crippen LogP contribution in [0, 0.1) is 5.82 Å². The average molecular weight is 553 g/mol. The molecule has 1 unspecified atom stereocenters. The standard InChI is InChI=1S/C24H26ClFN4O4S2/c1-36(33,34)18-5-2-15(3-6-18)13-29-10-8-17(9-11-29)30-21(22(27)31)14-35-24(30)28-23(32)16-4-7-20(26)19(25)12-16/h2-7,12,14,17,24H,8-11,13H2,1H3,(H2,27,31)(H,28,32). The van der Waals surface area contributed by atoms with E-state index in [-0.39, 0.29) is 16.6 Å². The first-order chi connectivity index (χ1) is 17.0. The Bertz CT molecular complexity index is 1300. The molecule has 0 bridgehead atoms. The van der Waals surface area contributed by atoms with Crippen LogP contribution in [0.1, 0.15) is 28.8 Å². The number of carbonyl (C=O) groups is 2. The largest absolute Gasteiger partial charge is 0.364 e. The fourth-order valence-corrected chi connectivity index (χ4v) is 6.25. The zero-order valence-corrected chi connectivity index (χ0v) is 21.9. The van der Waals surface area contributed by atoms with Crippen molar-refractivity contribution in [1.82, 2.24) is 15.1 Å². The smallest absolute Gasteiger partial charge is 0.265 e. The van der Waals surface area contributed by atoms with Gasteiger partial charge in [-0.1, -0.05) is 35.5 Å². The third-order valence-corrected chi connectivity index (χ3v) is 8.62. The van der Waals surface area contributed by atoms with Gasteiger partial charge in [0.2, 0.25) is 0 Å². The number of piperidine rings is 1. The second kappa shape index (κ2) is 10.8. The maximum absolute atomic E-state index is 13.5. The van der Waals surface area contributed by atoms with Crippen LogP contribution in [-0.4, -0.2) is 60.9 Å². The normalized spacial score (nSPS) is 19.2. The van der Waals surface area contributed by atoms with Gasteiger partial charge in [0.15, 0.2) is 15.3 Å². The van der Waals surface area contributed by atoms with Crippen molar-refractivity contribution in [3.05, 3.63) is 75.5 Å². The minimum Gasteiger partial charge on any atom is -0.364 e. The highest BCUT2D eigenvalue weighted by atomic mass is 35.5. The van der Waals surface area contributed by atoms with Gasteiger partial charge >= 0.3 is 0 Å². The van der Waals surface area contributed by atoms with Crippen molar-refractivity contribution < 1.29 is 22.4 Å². The minimum absolute atomic E-state index is 0.0234. The Morgan fingerprint density at radius 1 is 1.17 bits per heavy atom. The van der Waals surface area contributed by atoms with E-state index in [1.54, 1.807) is 17.5 Å². The number of likely N-dealkylation sites (tertiary alicyclic amines) is 1. The fraction of sp³-hybridized carbons (Fsp3) is 0.333. The highest BCUT2D eigenvalue weighted by Crippen LogP contribution is 2.35. The lowest BCUT2D eigenvalue weighted by molar-refractivity contribution is -0.116. The lowest BCUT2D eigenvalue weighted by Crippen LogP contribution is -2.52. The second-order valence-electron chi connectivity index (χ2n) is 8.79. The van der Waals surface area contributed by atoms with E-state index in [2.05, 4.69) is 10.2 Å². The Balaban J connectivity index is 1.40. The van der Waals surface area contributed by atoms with E-state index in [0.29, 0.717) is 17.1 Å². The maximum Gasteiger partial charge on any atom is 0.265 e. The lowest BCUT2D eigenvalue weighted by atomic mass is 10.0. The van der Waals surface area contributed by atoms with Gasteiger partial charge in [-0.05, 0) is 48.7 Å². The molecule has 0 radical (unpaired) electrons. The van der Waals surface area contributed by atoms with Crippen LogP contribution in [0.2, 0.25) is 5.02 Å². The van der Waals surface area contributed by atoms with Crippen LogP contribution in [-0.2, 0) is 21.2 Å². The summed E-state index contributed by atoms with van der Waals surface area (Å²) in [5.41, 5.74) is 6.65. The van der Waals surface area contributed by atoms with Gasteiger partial charge in [0.05, 0.1) is 9.92 Å². The number of hydrogen-bond donors (Lipinski definition) is 2. The number of nitrogens with two attached hydrogens (primary N) is 1. The van der Waals surface area contributed by atoms with Crippen LogP contribution in [0.5, 0.6) is 0 Å². The van der Waals surface area contributed by atoms with E-state index < -0.39 is 33.0 Å². The Hall–Kier alpha value is -2.60. The lowest BCUT2D eigenvalue weighted by Gasteiger charge is -2.41. The average Bonchev–Trinajstić information content (AvgIpc) is 3.25. The number of primary amides is 1. The van der Waals surface area contributed by atoms with E-state index in [1.165, 1.54) is 30.2 Å². The third kappa shape index (κ3) is 6.03. The van der Waals surface area contributed by atoms with Gasteiger partial charge in [-0.2, -0.15) is 0 Å². The third-order valence-electron chi connectivity index (χ3n) is 6.24. The number of amides is 2. The zero-order valence-electron chi connectivity index (χ0n) is 19.5. The van der Waals surface area contributed by atoms with Gasteiger partial charge in [0.1, 0.15) is 11.5 Å². The van der Waals surface area contributed by atoms with Crippen LogP contribution in [0.25, 0.3) is 0 Å². The number of carbonyl (C=O) groups excluding carboxylic acids is 2. The number of halogens is 2. The summed E-state index contributed by atoms with van der Waals surface area (Å²) in [6, 6.07) is 10.6. The molecule has 12 heteroatoms. The molecule has 3 N–H and O–H groups in total. The monoisotopic (exact) mass is 552 g/mol. The predicted molar refractivity (Wildman–Crippen MR) is 137 cm³/mol. The van der Waals surface area contributed by atoms with Gasteiger partial charge in [0.25, 0.3) is 11.8 Å². The number of nitrogens with one attached hydrogen (secondary N) is 1. The van der Waals surface area contributed by atoms with Crippen molar-refractivity contribution in [3.8, 4) is 0 Å². The van der Waals surface area contributed by atoms with Crippen LogP contribution < -0.4 is 11.1 Å². The highest BCUT2D eigenvalue weighted by molar-refractivity contribution is 8.02. The number of thioether (sulfide) groups is 1. The van der Waals surface area contributed by atoms with E-state index in [1.807, 2.05) is 17.0 Å². The van der Waals surface area contributed by atoms with Crippen molar-refractivity contribution in [2.45, 2.75) is 35.8 Å². The summed E-state index contributed by atoms with van der Waals surface area (Å²) in [5, 5.41) is 4.40. The molecular formula is C24H26ClFN4O4S2. The van der Waals surface area contributed by atoms with Gasteiger partial charge in [-0.3, -0.25) is 14.5 Å². The first kappa shape index (κ1) is 26.5. The van der Waals surface area contributed by atoms with Crippen LogP contribution in [0.3, 0.4) is 0 Å². The molecule has 1 fully saturated rings. The number of hydrogen-bond acceptors (Lipinski definition) is 7. The van der Waals surface area contributed by atoms with Gasteiger partial charge in [-0.25, -0.2) is 12.8 Å². The first-order valence-corrected chi connectivity index (χ1v) is 14.4. The summed E-state index contributed by atoms with van der Waals surface area (Å²) < 4.78 is 36.8. The molecule has 1 saturated heterocycles. The van der Waals surface area contributed by atoms with E-state index in [0.717, 1.165) is 37.6 Å². The van der Waals surface area contributed by atoms with Gasteiger partial charge in [-0.15, -0.1) is 0 Å². The second-order valence-corrected chi connectivity index (χ2v) is 12.2. The molecule has 36 heavy (non-hydrogen) atoms. The molecule has 2 aliphatic heterocycles. The molecule has 2 amide bonds. The molecule has 8 nitrogen and oxygen atoms in total. The Labute approximate surface area is 218 Å². The van der Waals surface area contributed by atoms with E-state index >= 15 is 0 Å². The summed E-state index contributed by atoms with van der Waals surface area (Å²) >= 11 is 7.09. The zero-order chi connectivity index (χ0) is 26.0. The van der Waals surface area contributed by atoms with Crippen molar-refractivity contribution in [3.63, 3.8) is 0 Å². The Morgan fingerprint density at radius 2 is 1.83 bits per heavy atom. The topological polar surface area (TPSA) is 113 Å². The van der Waals surface area contributed by atoms with E-state index in [4.69, 9.17) is 17.3 Å². The quantitative estimate of drug-likeness (QED) is 0.543. The number of benzene rings is 2. The van der Waals surface area contributed by atoms with Crippen LogP contribution >= 0.6 is 23.4 Å². The molecule has 0 aromatic heterocycles. The summed E-state index contributed by atoms with van der Waals surface area (Å²) in [6.45, 7) is 2.18. The predicted octanol–water partition coefficient (Wildman–Crippen LogP) is 2.94. The minimum atomic E-state index is -3.23. The number of rotatable bonds is 7. The molecular weight excluding hydrogens is 527 g/mol. The molecule has 2 heterocycles.